The summed E-state index contributed by atoms with van der Waals surface area (Å²) in [5.74, 6) is 0.375. The quantitative estimate of drug-likeness (QED) is 0.766. The second kappa shape index (κ2) is 5.54. The molecule has 1 amide bonds. The number of carbonyl (C=O) groups excluding carboxylic acids is 1. The van der Waals surface area contributed by atoms with Gasteiger partial charge >= 0.3 is 0 Å². The molecule has 0 saturated carbocycles. The van der Waals surface area contributed by atoms with E-state index in [9.17, 15) is 4.79 Å². The van der Waals surface area contributed by atoms with E-state index >= 15 is 0 Å². The number of carbonyl (C=O) groups is 1. The average molecular weight is 220 g/mol. The summed E-state index contributed by atoms with van der Waals surface area (Å²) in [6.45, 7) is 6.26. The number of anilines is 1. The van der Waals surface area contributed by atoms with E-state index in [0.717, 1.165) is 6.42 Å². The normalized spacial score (nSPS) is 14.2. The molecular weight excluding hydrogens is 200 g/mol. The van der Waals surface area contributed by atoms with E-state index in [0.29, 0.717) is 17.2 Å². The first-order chi connectivity index (χ1) is 7.56. The van der Waals surface area contributed by atoms with Crippen LogP contribution in [-0.2, 0) is 0 Å². The summed E-state index contributed by atoms with van der Waals surface area (Å²) in [5.41, 5.74) is 6.82. The SMILES string of the molecule is CCC(C)C(C)NC(=O)c1ccccc1N. The molecule has 0 aliphatic carbocycles. The lowest BCUT2D eigenvalue weighted by molar-refractivity contribution is 0.0929. The van der Waals surface area contributed by atoms with Crippen LogP contribution in [0.1, 0.15) is 37.6 Å². The molecule has 2 atom stereocenters. The van der Waals surface area contributed by atoms with E-state index in [2.05, 4.69) is 19.2 Å². The maximum absolute atomic E-state index is 11.9. The van der Waals surface area contributed by atoms with Crippen molar-refractivity contribution in [1.82, 2.24) is 5.32 Å². The van der Waals surface area contributed by atoms with Crippen molar-refractivity contribution in [3.63, 3.8) is 0 Å². The van der Waals surface area contributed by atoms with Gasteiger partial charge in [0.05, 0.1) is 5.56 Å². The molecule has 0 radical (unpaired) electrons. The van der Waals surface area contributed by atoms with E-state index in [1.54, 1.807) is 12.1 Å². The number of hydrogen-bond donors (Lipinski definition) is 2. The molecule has 3 heteroatoms. The first kappa shape index (κ1) is 12.6. The second-order valence-electron chi connectivity index (χ2n) is 4.23. The van der Waals surface area contributed by atoms with Gasteiger partial charge in [-0.1, -0.05) is 32.4 Å². The van der Waals surface area contributed by atoms with Crippen LogP contribution in [0.2, 0.25) is 0 Å². The van der Waals surface area contributed by atoms with E-state index in [1.807, 2.05) is 19.1 Å². The number of hydrogen-bond acceptors (Lipinski definition) is 2. The van der Waals surface area contributed by atoms with Crippen molar-refractivity contribution < 1.29 is 4.79 Å². The number of rotatable bonds is 4. The Morgan fingerprint density at radius 1 is 1.38 bits per heavy atom. The van der Waals surface area contributed by atoms with Crippen LogP contribution >= 0.6 is 0 Å². The predicted molar refractivity (Wildman–Crippen MR) is 67.2 cm³/mol. The van der Waals surface area contributed by atoms with Crippen LogP contribution < -0.4 is 11.1 Å². The van der Waals surface area contributed by atoms with Gasteiger partial charge in [0.1, 0.15) is 0 Å². The molecule has 0 saturated heterocycles. The fourth-order valence-corrected chi connectivity index (χ4v) is 1.48. The zero-order valence-corrected chi connectivity index (χ0v) is 10.2. The molecule has 0 spiro atoms. The van der Waals surface area contributed by atoms with Crippen molar-refractivity contribution in [2.24, 2.45) is 5.92 Å². The van der Waals surface area contributed by atoms with Gasteiger partial charge in [0.25, 0.3) is 5.91 Å². The number of nitrogens with two attached hydrogens (primary N) is 1. The van der Waals surface area contributed by atoms with Crippen LogP contribution in [0.15, 0.2) is 24.3 Å². The lowest BCUT2D eigenvalue weighted by atomic mass is 10.0. The first-order valence-corrected chi connectivity index (χ1v) is 5.71. The molecule has 0 aliphatic heterocycles. The standard InChI is InChI=1S/C13H20N2O/c1-4-9(2)10(3)15-13(16)11-7-5-6-8-12(11)14/h5-10H,4,14H2,1-3H3,(H,15,16). The predicted octanol–water partition coefficient (Wildman–Crippen LogP) is 2.43. The summed E-state index contributed by atoms with van der Waals surface area (Å²) in [6.07, 6.45) is 1.05. The molecule has 3 N–H and O–H groups in total. The van der Waals surface area contributed by atoms with E-state index in [1.165, 1.54) is 0 Å². The zero-order valence-electron chi connectivity index (χ0n) is 10.2. The third kappa shape index (κ3) is 2.99. The number of benzene rings is 1. The summed E-state index contributed by atoms with van der Waals surface area (Å²) < 4.78 is 0. The summed E-state index contributed by atoms with van der Waals surface area (Å²) in [7, 11) is 0. The number of nitrogen functional groups attached to an aromatic ring is 1. The van der Waals surface area contributed by atoms with E-state index in [4.69, 9.17) is 5.73 Å². The largest absolute Gasteiger partial charge is 0.398 e. The molecule has 88 valence electrons. The van der Waals surface area contributed by atoms with Crippen molar-refractivity contribution >= 4 is 11.6 Å². The Morgan fingerprint density at radius 2 is 2.00 bits per heavy atom. The Kier molecular flexibility index (Phi) is 4.35. The fourth-order valence-electron chi connectivity index (χ4n) is 1.48. The van der Waals surface area contributed by atoms with Gasteiger partial charge in [0.15, 0.2) is 0 Å². The van der Waals surface area contributed by atoms with Crippen LogP contribution in [-0.4, -0.2) is 11.9 Å². The third-order valence-corrected chi connectivity index (χ3v) is 3.06. The van der Waals surface area contributed by atoms with Crippen molar-refractivity contribution in [1.29, 1.82) is 0 Å². The second-order valence-corrected chi connectivity index (χ2v) is 4.23. The van der Waals surface area contributed by atoms with Crippen molar-refractivity contribution in [2.45, 2.75) is 33.2 Å². The molecule has 1 rings (SSSR count). The van der Waals surface area contributed by atoms with E-state index in [-0.39, 0.29) is 11.9 Å². The molecular formula is C13H20N2O. The topological polar surface area (TPSA) is 55.1 Å². The lowest BCUT2D eigenvalue weighted by Crippen LogP contribution is -2.37. The van der Waals surface area contributed by atoms with Crippen LogP contribution in [0, 0.1) is 5.92 Å². The molecule has 0 heterocycles. The Morgan fingerprint density at radius 3 is 2.56 bits per heavy atom. The maximum atomic E-state index is 11.9. The van der Waals surface area contributed by atoms with Crippen molar-refractivity contribution in [3.05, 3.63) is 29.8 Å². The number of para-hydroxylation sites is 1. The van der Waals surface area contributed by atoms with Crippen molar-refractivity contribution in [2.75, 3.05) is 5.73 Å². The van der Waals surface area contributed by atoms with Gasteiger partial charge in [0, 0.05) is 11.7 Å². The summed E-state index contributed by atoms with van der Waals surface area (Å²) >= 11 is 0. The zero-order chi connectivity index (χ0) is 12.1. The lowest BCUT2D eigenvalue weighted by Gasteiger charge is -2.20. The molecule has 16 heavy (non-hydrogen) atoms. The molecule has 1 aromatic rings. The maximum Gasteiger partial charge on any atom is 0.253 e. The van der Waals surface area contributed by atoms with Crippen LogP contribution in [0.25, 0.3) is 0 Å². The first-order valence-electron chi connectivity index (χ1n) is 5.71. The van der Waals surface area contributed by atoms with Gasteiger partial charge in [-0.2, -0.15) is 0 Å². The van der Waals surface area contributed by atoms with Crippen LogP contribution in [0.5, 0.6) is 0 Å². The average Bonchev–Trinajstić information content (AvgIpc) is 2.28. The highest BCUT2D eigenvalue weighted by Gasteiger charge is 2.15. The summed E-state index contributed by atoms with van der Waals surface area (Å²) in [6, 6.07) is 7.29. The Balaban J connectivity index is 2.70. The van der Waals surface area contributed by atoms with Gasteiger partial charge in [-0.15, -0.1) is 0 Å². The third-order valence-electron chi connectivity index (χ3n) is 3.06. The number of nitrogens with one attached hydrogen (secondary N) is 1. The highest BCUT2D eigenvalue weighted by atomic mass is 16.1. The molecule has 0 aromatic heterocycles. The fraction of sp³-hybridized carbons (Fsp3) is 0.462. The highest BCUT2D eigenvalue weighted by Crippen LogP contribution is 2.12. The molecule has 3 nitrogen and oxygen atoms in total. The Labute approximate surface area is 97.0 Å². The molecule has 2 unspecified atom stereocenters. The van der Waals surface area contributed by atoms with Gasteiger partial charge in [-0.3, -0.25) is 4.79 Å². The van der Waals surface area contributed by atoms with Gasteiger partial charge in [0.2, 0.25) is 0 Å². The summed E-state index contributed by atoms with van der Waals surface area (Å²) in [4.78, 5) is 11.9. The minimum absolute atomic E-state index is 0.0918. The molecule has 0 bridgehead atoms. The minimum atomic E-state index is -0.0918. The molecule has 1 aromatic carbocycles. The monoisotopic (exact) mass is 220 g/mol. The van der Waals surface area contributed by atoms with Gasteiger partial charge < -0.3 is 11.1 Å². The van der Waals surface area contributed by atoms with E-state index < -0.39 is 0 Å². The van der Waals surface area contributed by atoms with Crippen LogP contribution in [0.4, 0.5) is 5.69 Å². The minimum Gasteiger partial charge on any atom is -0.398 e. The van der Waals surface area contributed by atoms with Crippen LogP contribution in [0.3, 0.4) is 0 Å². The van der Waals surface area contributed by atoms with Gasteiger partial charge in [-0.25, -0.2) is 0 Å². The smallest absolute Gasteiger partial charge is 0.253 e. The Hall–Kier alpha value is -1.51. The molecule has 0 fully saturated rings. The Bertz CT molecular complexity index is 363. The van der Waals surface area contributed by atoms with Crippen molar-refractivity contribution in [3.8, 4) is 0 Å². The molecule has 0 aliphatic rings. The van der Waals surface area contributed by atoms with Gasteiger partial charge in [-0.05, 0) is 25.0 Å². The number of amides is 1. The summed E-state index contributed by atoms with van der Waals surface area (Å²) in [5, 5.41) is 2.97. The highest BCUT2D eigenvalue weighted by molar-refractivity contribution is 5.99.